The van der Waals surface area contributed by atoms with Gasteiger partial charge in [0.15, 0.2) is 0 Å². The molecular formula is C18H26N2O3S. The second kappa shape index (κ2) is 9.27. The summed E-state index contributed by atoms with van der Waals surface area (Å²) in [6.45, 7) is 8.00. The highest BCUT2D eigenvalue weighted by Gasteiger charge is 2.39. The highest BCUT2D eigenvalue weighted by Crippen LogP contribution is 2.24. The number of carbonyl (C=O) groups excluding carboxylic acids is 3. The number of thiocarbonyl (C=S) groups is 1. The van der Waals surface area contributed by atoms with Crippen molar-refractivity contribution in [2.75, 3.05) is 0 Å². The number of imide groups is 1. The quantitative estimate of drug-likeness (QED) is 0.624. The van der Waals surface area contributed by atoms with Crippen LogP contribution in [0.1, 0.15) is 57.9 Å². The predicted molar refractivity (Wildman–Crippen MR) is 99.9 cm³/mol. The lowest BCUT2D eigenvalue weighted by Crippen LogP contribution is -2.57. The summed E-state index contributed by atoms with van der Waals surface area (Å²) in [5, 5.41) is 2.54. The number of piperidine rings is 1. The van der Waals surface area contributed by atoms with Crippen molar-refractivity contribution >= 4 is 34.9 Å². The van der Waals surface area contributed by atoms with Crippen molar-refractivity contribution in [3.05, 3.63) is 35.4 Å². The number of carbonyl (C=O) groups is 3. The van der Waals surface area contributed by atoms with Crippen molar-refractivity contribution in [3.63, 3.8) is 0 Å². The van der Waals surface area contributed by atoms with Gasteiger partial charge in [-0.25, -0.2) is 0 Å². The van der Waals surface area contributed by atoms with Gasteiger partial charge in [0.25, 0.3) is 5.91 Å². The van der Waals surface area contributed by atoms with Crippen LogP contribution in [0.5, 0.6) is 0 Å². The van der Waals surface area contributed by atoms with Crippen LogP contribution in [0.25, 0.3) is 0 Å². The monoisotopic (exact) mass is 350 g/mol. The van der Waals surface area contributed by atoms with Gasteiger partial charge in [-0.2, -0.15) is 0 Å². The van der Waals surface area contributed by atoms with Gasteiger partial charge in [0.1, 0.15) is 4.99 Å². The van der Waals surface area contributed by atoms with E-state index in [0.717, 1.165) is 5.56 Å². The topological polar surface area (TPSA) is 66.5 Å². The molecule has 3 amide bonds. The van der Waals surface area contributed by atoms with Crippen LogP contribution in [-0.4, -0.2) is 33.7 Å². The molecule has 0 aliphatic carbocycles. The molecule has 1 saturated heterocycles. The van der Waals surface area contributed by atoms with Gasteiger partial charge in [0.05, 0.1) is 12.5 Å². The van der Waals surface area contributed by atoms with Crippen molar-refractivity contribution in [3.8, 4) is 0 Å². The van der Waals surface area contributed by atoms with Crippen LogP contribution in [0, 0.1) is 0 Å². The number of amides is 3. The number of nitrogens with zero attached hydrogens (tertiary/aromatic N) is 1. The maximum Gasteiger partial charge on any atom is 0.261 e. The molecule has 2 heterocycles. The standard InChI is InChI=1S/C14H12N2O3S.2C2H6.H2/c17-11-6-5-10(13(20)15-11)16-12(18)7-8-3-1-2-4-9(8)14(16)19;2*1-2;/h1-4,10H,5-7H2,(H,15,17,20);2*1-2H3;1H. The van der Waals surface area contributed by atoms with Gasteiger partial charge >= 0.3 is 0 Å². The largest absolute Gasteiger partial charge is 0.319 e. The Morgan fingerprint density at radius 2 is 1.75 bits per heavy atom. The van der Waals surface area contributed by atoms with Crippen LogP contribution in [0.3, 0.4) is 0 Å². The molecule has 24 heavy (non-hydrogen) atoms. The molecule has 1 aromatic carbocycles. The summed E-state index contributed by atoms with van der Waals surface area (Å²) in [4.78, 5) is 37.4. The molecule has 132 valence electrons. The third-order valence-corrected chi connectivity index (χ3v) is 3.97. The minimum Gasteiger partial charge on any atom is -0.319 e. The second-order valence-electron chi connectivity index (χ2n) is 4.87. The van der Waals surface area contributed by atoms with Crippen LogP contribution in [0.15, 0.2) is 24.3 Å². The zero-order chi connectivity index (χ0) is 18.3. The van der Waals surface area contributed by atoms with Crippen LogP contribution in [-0.2, 0) is 16.0 Å². The number of hydrogen-bond acceptors (Lipinski definition) is 4. The average molecular weight is 350 g/mol. The highest BCUT2D eigenvalue weighted by atomic mass is 32.1. The zero-order valence-corrected chi connectivity index (χ0v) is 15.4. The van der Waals surface area contributed by atoms with Crippen molar-refractivity contribution < 1.29 is 15.8 Å². The Balaban J connectivity index is 0.00000108. The van der Waals surface area contributed by atoms with Crippen LogP contribution >= 0.6 is 12.2 Å². The van der Waals surface area contributed by atoms with Gasteiger partial charge in [0, 0.05) is 13.4 Å². The normalized spacial score (nSPS) is 19.3. The Bertz CT molecular complexity index is 649. The lowest BCUT2D eigenvalue weighted by molar-refractivity contribution is -0.130. The summed E-state index contributed by atoms with van der Waals surface area (Å²) in [5.74, 6) is -0.763. The molecule has 0 bridgehead atoms. The van der Waals surface area contributed by atoms with E-state index in [0.29, 0.717) is 12.0 Å². The van der Waals surface area contributed by atoms with Crippen molar-refractivity contribution in [2.45, 2.75) is 53.0 Å². The van der Waals surface area contributed by atoms with Gasteiger partial charge in [-0.3, -0.25) is 19.3 Å². The van der Waals surface area contributed by atoms with E-state index in [1.165, 1.54) is 4.90 Å². The first kappa shape index (κ1) is 20.0. The Hall–Kier alpha value is -2.08. The Morgan fingerprint density at radius 3 is 2.38 bits per heavy atom. The van der Waals surface area contributed by atoms with Gasteiger partial charge in [-0.05, 0) is 18.1 Å². The van der Waals surface area contributed by atoms with Crippen LogP contribution in [0.2, 0.25) is 0 Å². The molecule has 1 N–H and O–H groups in total. The molecule has 1 fully saturated rings. The van der Waals surface area contributed by atoms with E-state index in [1.54, 1.807) is 24.3 Å². The van der Waals surface area contributed by atoms with E-state index in [-0.39, 0.29) is 37.0 Å². The van der Waals surface area contributed by atoms with Crippen molar-refractivity contribution in [2.24, 2.45) is 0 Å². The fourth-order valence-electron chi connectivity index (χ4n) is 2.62. The minimum atomic E-state index is -0.518. The van der Waals surface area contributed by atoms with Crippen LogP contribution in [0.4, 0.5) is 0 Å². The molecule has 0 radical (unpaired) electrons. The molecule has 1 unspecified atom stereocenters. The number of hydrogen-bond donors (Lipinski definition) is 1. The van der Waals surface area contributed by atoms with E-state index in [4.69, 9.17) is 12.2 Å². The second-order valence-corrected chi connectivity index (χ2v) is 5.31. The molecule has 2 aliphatic heterocycles. The Kier molecular flexibility index (Phi) is 7.71. The summed E-state index contributed by atoms with van der Waals surface area (Å²) < 4.78 is 0. The fraction of sp³-hybridized carbons (Fsp3) is 0.444. The lowest BCUT2D eigenvalue weighted by atomic mass is 9.95. The van der Waals surface area contributed by atoms with E-state index < -0.39 is 6.04 Å². The molecule has 1 atom stereocenters. The summed E-state index contributed by atoms with van der Waals surface area (Å²) in [6.07, 6.45) is 0.850. The Morgan fingerprint density at radius 1 is 1.12 bits per heavy atom. The SMILES string of the molecule is CC.CC.O=C1CCC(N2C(=O)Cc3ccccc3C2=O)C(=S)N1.[HH]. The average Bonchev–Trinajstić information content (AvgIpc) is 2.60. The third kappa shape index (κ3) is 4.06. The van der Waals surface area contributed by atoms with Crippen molar-refractivity contribution in [1.82, 2.24) is 10.2 Å². The number of benzene rings is 1. The molecule has 6 heteroatoms. The summed E-state index contributed by atoms with van der Waals surface area (Å²) in [7, 11) is 0. The van der Waals surface area contributed by atoms with Crippen molar-refractivity contribution in [1.29, 1.82) is 0 Å². The van der Waals surface area contributed by atoms with E-state index in [2.05, 4.69) is 5.32 Å². The first-order chi connectivity index (χ1) is 11.6. The molecule has 1 aromatic rings. The van der Waals surface area contributed by atoms with E-state index >= 15 is 0 Å². The first-order valence-corrected chi connectivity index (χ1v) is 8.77. The number of fused-ring (bicyclic) bond motifs is 1. The molecular weight excluding hydrogens is 324 g/mol. The van der Waals surface area contributed by atoms with Gasteiger partial charge in [0.2, 0.25) is 11.8 Å². The Labute approximate surface area is 149 Å². The molecule has 2 aliphatic rings. The zero-order valence-electron chi connectivity index (χ0n) is 14.6. The minimum absolute atomic E-state index is 0. The summed E-state index contributed by atoms with van der Waals surface area (Å²) in [6, 6.07) is 6.55. The fourth-order valence-corrected chi connectivity index (χ4v) is 2.96. The maximum atomic E-state index is 12.5. The smallest absolute Gasteiger partial charge is 0.261 e. The third-order valence-electron chi connectivity index (χ3n) is 3.60. The van der Waals surface area contributed by atoms with Gasteiger partial charge < -0.3 is 5.32 Å². The summed E-state index contributed by atoms with van der Waals surface area (Å²) >= 11 is 5.11. The maximum absolute atomic E-state index is 12.5. The van der Waals surface area contributed by atoms with E-state index in [9.17, 15) is 14.4 Å². The molecule has 5 nitrogen and oxygen atoms in total. The molecule has 3 rings (SSSR count). The lowest BCUT2D eigenvalue weighted by Gasteiger charge is -2.36. The first-order valence-electron chi connectivity index (χ1n) is 8.36. The molecule has 0 spiro atoms. The summed E-state index contributed by atoms with van der Waals surface area (Å²) in [5.41, 5.74) is 1.27. The van der Waals surface area contributed by atoms with Gasteiger partial charge in [-0.15, -0.1) is 0 Å². The highest BCUT2D eigenvalue weighted by molar-refractivity contribution is 7.80. The van der Waals surface area contributed by atoms with Gasteiger partial charge in [-0.1, -0.05) is 58.1 Å². The molecule has 0 saturated carbocycles. The number of nitrogens with one attached hydrogen (secondary N) is 1. The predicted octanol–water partition coefficient (Wildman–Crippen LogP) is 3.12. The molecule has 0 aromatic heterocycles. The number of rotatable bonds is 1. The van der Waals surface area contributed by atoms with Crippen LogP contribution < -0.4 is 5.32 Å². The van der Waals surface area contributed by atoms with E-state index in [1.807, 2.05) is 27.7 Å².